The first-order valence-corrected chi connectivity index (χ1v) is 5.37. The largest absolute Gasteiger partial charge is 0.359 e. The Morgan fingerprint density at radius 3 is 3.06 bits per heavy atom. The number of nitrogens with two attached hydrogens (primary N) is 1. The number of nitrogens with one attached hydrogen (secondary N) is 1. The Balaban J connectivity index is 1.93. The SMILES string of the molecule is CN(Cc1cc(C(=O)NN)no1)C1CCC1. The normalized spacial score (nSPS) is 16.2. The second-order valence-electron chi connectivity index (χ2n) is 4.15. The highest BCUT2D eigenvalue weighted by Gasteiger charge is 2.23. The molecule has 6 heteroatoms. The third-order valence-electron chi connectivity index (χ3n) is 3.03. The Morgan fingerprint density at radius 1 is 1.75 bits per heavy atom. The minimum atomic E-state index is -0.429. The summed E-state index contributed by atoms with van der Waals surface area (Å²) >= 11 is 0. The molecule has 1 aromatic heterocycles. The van der Waals surface area contributed by atoms with Gasteiger partial charge in [0, 0.05) is 12.1 Å². The predicted molar refractivity (Wildman–Crippen MR) is 57.3 cm³/mol. The van der Waals surface area contributed by atoms with E-state index in [0.717, 1.165) is 0 Å². The summed E-state index contributed by atoms with van der Waals surface area (Å²) in [6, 6.07) is 2.26. The van der Waals surface area contributed by atoms with Gasteiger partial charge < -0.3 is 4.52 Å². The summed E-state index contributed by atoms with van der Waals surface area (Å²) < 4.78 is 5.07. The summed E-state index contributed by atoms with van der Waals surface area (Å²) in [6.45, 7) is 0.676. The topological polar surface area (TPSA) is 84.4 Å². The van der Waals surface area contributed by atoms with E-state index in [1.807, 2.05) is 5.43 Å². The standard InChI is InChI=1S/C10H16N4O2/c1-14(7-3-2-4-7)6-8-5-9(13-16-8)10(15)12-11/h5,7H,2-4,6,11H2,1H3,(H,12,15). The molecule has 3 N–H and O–H groups in total. The lowest BCUT2D eigenvalue weighted by Gasteiger charge is -2.33. The molecule has 0 bridgehead atoms. The van der Waals surface area contributed by atoms with Crippen molar-refractivity contribution in [2.24, 2.45) is 5.84 Å². The van der Waals surface area contributed by atoms with Crippen LogP contribution in [0.5, 0.6) is 0 Å². The number of amides is 1. The molecule has 1 saturated carbocycles. The average Bonchev–Trinajstić information content (AvgIpc) is 2.62. The number of hydrogen-bond donors (Lipinski definition) is 2. The smallest absolute Gasteiger partial charge is 0.287 e. The van der Waals surface area contributed by atoms with Gasteiger partial charge in [-0.25, -0.2) is 5.84 Å². The van der Waals surface area contributed by atoms with Gasteiger partial charge in [0.05, 0.1) is 6.54 Å². The maximum absolute atomic E-state index is 11.1. The van der Waals surface area contributed by atoms with Crippen molar-refractivity contribution < 1.29 is 9.32 Å². The number of carbonyl (C=O) groups is 1. The summed E-state index contributed by atoms with van der Waals surface area (Å²) in [5, 5.41) is 3.65. The first kappa shape index (κ1) is 11.1. The van der Waals surface area contributed by atoms with E-state index in [2.05, 4.69) is 17.1 Å². The third kappa shape index (κ3) is 2.23. The number of nitrogens with zero attached hydrogens (tertiary/aromatic N) is 2. The van der Waals surface area contributed by atoms with Crippen LogP contribution in [0, 0.1) is 0 Å². The highest BCUT2D eigenvalue weighted by molar-refractivity contribution is 5.91. The van der Waals surface area contributed by atoms with E-state index >= 15 is 0 Å². The quantitative estimate of drug-likeness (QED) is 0.435. The van der Waals surface area contributed by atoms with Gasteiger partial charge in [0.15, 0.2) is 11.5 Å². The molecule has 0 radical (unpaired) electrons. The predicted octanol–water partition coefficient (Wildman–Crippen LogP) is 0.262. The zero-order chi connectivity index (χ0) is 11.5. The first-order valence-electron chi connectivity index (χ1n) is 5.37. The molecule has 0 aromatic carbocycles. The van der Waals surface area contributed by atoms with Crippen molar-refractivity contribution in [3.05, 3.63) is 17.5 Å². The van der Waals surface area contributed by atoms with Crippen molar-refractivity contribution in [3.8, 4) is 0 Å². The van der Waals surface area contributed by atoms with Gasteiger partial charge in [0.1, 0.15) is 0 Å². The van der Waals surface area contributed by atoms with Crippen molar-refractivity contribution in [2.45, 2.75) is 31.8 Å². The van der Waals surface area contributed by atoms with Gasteiger partial charge in [-0.15, -0.1) is 0 Å². The van der Waals surface area contributed by atoms with Crippen LogP contribution in [0.2, 0.25) is 0 Å². The molecule has 1 aliphatic rings. The molecule has 1 aliphatic carbocycles. The number of rotatable bonds is 4. The van der Waals surface area contributed by atoms with E-state index in [0.29, 0.717) is 18.3 Å². The number of aromatic nitrogens is 1. The number of hydrazine groups is 1. The van der Waals surface area contributed by atoms with E-state index < -0.39 is 5.91 Å². The molecular weight excluding hydrogens is 208 g/mol. The van der Waals surface area contributed by atoms with Crippen molar-refractivity contribution in [2.75, 3.05) is 7.05 Å². The molecule has 0 atom stereocenters. The Labute approximate surface area is 93.7 Å². The second-order valence-corrected chi connectivity index (χ2v) is 4.15. The summed E-state index contributed by atoms with van der Waals surface area (Å²) in [7, 11) is 2.05. The van der Waals surface area contributed by atoms with E-state index in [4.69, 9.17) is 10.4 Å². The lowest BCUT2D eigenvalue weighted by atomic mass is 9.92. The third-order valence-corrected chi connectivity index (χ3v) is 3.03. The van der Waals surface area contributed by atoms with Crippen LogP contribution in [0.3, 0.4) is 0 Å². The molecular formula is C10H16N4O2. The molecule has 1 fully saturated rings. The number of hydrogen-bond acceptors (Lipinski definition) is 5. The van der Waals surface area contributed by atoms with Gasteiger partial charge in [-0.1, -0.05) is 11.6 Å². The highest BCUT2D eigenvalue weighted by Crippen LogP contribution is 2.24. The molecule has 1 aromatic rings. The van der Waals surface area contributed by atoms with E-state index in [1.165, 1.54) is 19.3 Å². The van der Waals surface area contributed by atoms with Crippen molar-refractivity contribution in [1.82, 2.24) is 15.5 Å². The van der Waals surface area contributed by atoms with Crippen molar-refractivity contribution in [1.29, 1.82) is 0 Å². The maximum Gasteiger partial charge on any atom is 0.287 e. The van der Waals surface area contributed by atoms with Crippen molar-refractivity contribution in [3.63, 3.8) is 0 Å². The minimum absolute atomic E-state index is 0.222. The molecule has 0 unspecified atom stereocenters. The fourth-order valence-corrected chi connectivity index (χ4v) is 1.77. The van der Waals surface area contributed by atoms with Gasteiger partial charge in [0.25, 0.3) is 5.91 Å². The average molecular weight is 224 g/mol. The summed E-state index contributed by atoms with van der Waals surface area (Å²) in [6.07, 6.45) is 3.77. The Bertz CT molecular complexity index is 373. The number of carbonyl (C=O) groups excluding carboxylic acids is 1. The minimum Gasteiger partial charge on any atom is -0.359 e. The van der Waals surface area contributed by atoms with E-state index in [1.54, 1.807) is 6.07 Å². The Kier molecular flexibility index (Phi) is 3.21. The zero-order valence-corrected chi connectivity index (χ0v) is 9.27. The zero-order valence-electron chi connectivity index (χ0n) is 9.27. The first-order chi connectivity index (χ1) is 7.70. The molecule has 6 nitrogen and oxygen atoms in total. The van der Waals surface area contributed by atoms with Gasteiger partial charge in [0.2, 0.25) is 0 Å². The fraction of sp³-hybridized carbons (Fsp3) is 0.600. The maximum atomic E-state index is 11.1. The molecule has 0 spiro atoms. The van der Waals surface area contributed by atoms with Crippen LogP contribution < -0.4 is 11.3 Å². The molecule has 88 valence electrons. The van der Waals surface area contributed by atoms with Crippen LogP contribution in [0.4, 0.5) is 0 Å². The van der Waals surface area contributed by atoms with Crippen LogP contribution in [-0.4, -0.2) is 29.1 Å². The Hall–Kier alpha value is -1.40. The summed E-state index contributed by atoms with van der Waals surface area (Å²) in [4.78, 5) is 13.4. The molecule has 1 heterocycles. The van der Waals surface area contributed by atoms with Crippen LogP contribution in [0.25, 0.3) is 0 Å². The Morgan fingerprint density at radius 2 is 2.50 bits per heavy atom. The molecule has 0 saturated heterocycles. The van der Waals surface area contributed by atoms with E-state index in [-0.39, 0.29) is 5.69 Å². The van der Waals surface area contributed by atoms with Crippen LogP contribution >= 0.6 is 0 Å². The summed E-state index contributed by atoms with van der Waals surface area (Å²) in [5.74, 6) is 5.26. The fourth-order valence-electron chi connectivity index (χ4n) is 1.77. The lowest BCUT2D eigenvalue weighted by Crippen LogP contribution is -2.36. The molecule has 16 heavy (non-hydrogen) atoms. The van der Waals surface area contributed by atoms with Gasteiger partial charge in [-0.05, 0) is 19.9 Å². The monoisotopic (exact) mass is 224 g/mol. The number of nitrogen functional groups attached to an aromatic ring is 1. The van der Waals surface area contributed by atoms with E-state index in [9.17, 15) is 4.79 Å². The molecule has 2 rings (SSSR count). The van der Waals surface area contributed by atoms with Crippen LogP contribution in [-0.2, 0) is 6.54 Å². The van der Waals surface area contributed by atoms with Crippen LogP contribution in [0.15, 0.2) is 10.6 Å². The highest BCUT2D eigenvalue weighted by atomic mass is 16.5. The van der Waals surface area contributed by atoms with Gasteiger partial charge in [-0.2, -0.15) is 0 Å². The van der Waals surface area contributed by atoms with Crippen LogP contribution in [0.1, 0.15) is 35.5 Å². The van der Waals surface area contributed by atoms with Crippen molar-refractivity contribution >= 4 is 5.91 Å². The van der Waals surface area contributed by atoms with Gasteiger partial charge in [-0.3, -0.25) is 15.1 Å². The van der Waals surface area contributed by atoms with Gasteiger partial charge >= 0.3 is 0 Å². The summed E-state index contributed by atoms with van der Waals surface area (Å²) in [5.41, 5.74) is 2.24. The molecule has 0 aliphatic heterocycles. The second kappa shape index (κ2) is 4.63. The molecule has 1 amide bonds. The lowest BCUT2D eigenvalue weighted by molar-refractivity contribution is 0.0944.